The normalized spacial score (nSPS) is 20.0. The van der Waals surface area contributed by atoms with Crippen LogP contribution in [0, 0.1) is 0 Å². The van der Waals surface area contributed by atoms with Crippen molar-refractivity contribution in [1.82, 2.24) is 14.9 Å². The van der Waals surface area contributed by atoms with Crippen molar-refractivity contribution in [1.29, 1.82) is 0 Å². The molecule has 1 aromatic heterocycles. The Kier molecular flexibility index (Phi) is 4.75. The van der Waals surface area contributed by atoms with Crippen LogP contribution in [0.25, 0.3) is 0 Å². The van der Waals surface area contributed by atoms with Crippen LogP contribution in [0.1, 0.15) is 39.0 Å². The summed E-state index contributed by atoms with van der Waals surface area (Å²) in [7, 11) is 0. The molecular weight excluding hydrogens is 278 g/mol. The number of hydrogen-bond donors (Lipinski definition) is 1. The summed E-state index contributed by atoms with van der Waals surface area (Å²) in [5.41, 5.74) is 0. The lowest BCUT2D eigenvalue weighted by Crippen LogP contribution is -2.48. The van der Waals surface area contributed by atoms with E-state index < -0.39 is 0 Å². The van der Waals surface area contributed by atoms with Crippen molar-refractivity contribution in [2.45, 2.75) is 45.1 Å². The minimum Gasteiger partial charge on any atom is -0.353 e. The molecule has 22 heavy (non-hydrogen) atoms. The molecule has 1 amide bonds. The maximum Gasteiger partial charge on any atom is 0.224 e. The molecule has 1 saturated heterocycles. The molecule has 1 saturated carbocycles. The van der Waals surface area contributed by atoms with Crippen molar-refractivity contribution < 1.29 is 4.79 Å². The van der Waals surface area contributed by atoms with Crippen LogP contribution in [0.4, 0.5) is 11.8 Å². The molecule has 2 aliphatic rings. The number of carbonyl (C=O) groups excluding carboxylic acids is 1. The largest absolute Gasteiger partial charge is 0.353 e. The van der Waals surface area contributed by atoms with Crippen LogP contribution in [0.3, 0.4) is 0 Å². The maximum absolute atomic E-state index is 11.4. The number of carbonyl (C=O) groups is 1. The van der Waals surface area contributed by atoms with Crippen LogP contribution < -0.4 is 10.2 Å². The Balaban J connectivity index is 1.60. The van der Waals surface area contributed by atoms with Crippen molar-refractivity contribution in [2.24, 2.45) is 0 Å². The van der Waals surface area contributed by atoms with Gasteiger partial charge in [-0.05, 0) is 18.9 Å². The van der Waals surface area contributed by atoms with Crippen molar-refractivity contribution in [3.8, 4) is 0 Å². The molecule has 0 aromatic carbocycles. The molecule has 6 heteroatoms. The number of rotatable bonds is 3. The van der Waals surface area contributed by atoms with Gasteiger partial charge < -0.3 is 15.1 Å². The van der Waals surface area contributed by atoms with Gasteiger partial charge in [-0.15, -0.1) is 0 Å². The minimum absolute atomic E-state index is 0.155. The predicted octanol–water partition coefficient (Wildman–Crippen LogP) is 1.89. The molecule has 2 heterocycles. The van der Waals surface area contributed by atoms with E-state index in [4.69, 9.17) is 0 Å². The van der Waals surface area contributed by atoms with Gasteiger partial charge in [0.2, 0.25) is 11.9 Å². The van der Waals surface area contributed by atoms with Gasteiger partial charge in [0.15, 0.2) is 0 Å². The number of nitrogens with one attached hydrogen (secondary N) is 1. The molecule has 1 aromatic rings. The maximum atomic E-state index is 11.4. The summed E-state index contributed by atoms with van der Waals surface area (Å²) in [5.74, 6) is 1.84. The van der Waals surface area contributed by atoms with E-state index in [1.165, 1.54) is 32.1 Å². The predicted molar refractivity (Wildman–Crippen MR) is 87.0 cm³/mol. The molecule has 1 aliphatic carbocycles. The second-order valence-electron chi connectivity index (χ2n) is 6.21. The second-order valence-corrected chi connectivity index (χ2v) is 6.21. The number of amides is 1. The number of hydrogen-bond acceptors (Lipinski definition) is 5. The standard InChI is InChI=1S/C16H25N5O/c1-13(22)20-9-11-21(12-10-20)15-7-8-17-16(19-15)18-14-5-3-2-4-6-14/h7-8,14H,2-6,9-12H2,1H3,(H,17,18,19). The quantitative estimate of drug-likeness (QED) is 0.924. The van der Waals surface area contributed by atoms with Crippen LogP contribution in [-0.2, 0) is 4.79 Å². The fraction of sp³-hybridized carbons (Fsp3) is 0.688. The SMILES string of the molecule is CC(=O)N1CCN(c2ccnc(NC3CCCCC3)n2)CC1. The zero-order chi connectivity index (χ0) is 15.4. The highest BCUT2D eigenvalue weighted by molar-refractivity contribution is 5.73. The topological polar surface area (TPSA) is 61.4 Å². The van der Waals surface area contributed by atoms with E-state index in [2.05, 4.69) is 20.2 Å². The second kappa shape index (κ2) is 6.94. The third kappa shape index (κ3) is 3.67. The van der Waals surface area contributed by atoms with Crippen molar-refractivity contribution >= 4 is 17.7 Å². The van der Waals surface area contributed by atoms with Gasteiger partial charge in [-0.1, -0.05) is 19.3 Å². The smallest absolute Gasteiger partial charge is 0.224 e. The molecule has 3 rings (SSSR count). The molecule has 0 radical (unpaired) electrons. The summed E-state index contributed by atoms with van der Waals surface area (Å²) in [5, 5.41) is 3.47. The molecule has 0 unspecified atom stereocenters. The first-order chi connectivity index (χ1) is 10.7. The third-order valence-electron chi connectivity index (χ3n) is 4.63. The van der Waals surface area contributed by atoms with Crippen LogP contribution >= 0.6 is 0 Å². The fourth-order valence-corrected chi connectivity index (χ4v) is 3.27. The average molecular weight is 303 g/mol. The highest BCUT2D eigenvalue weighted by atomic mass is 16.2. The molecule has 6 nitrogen and oxygen atoms in total. The number of piperazine rings is 1. The first-order valence-electron chi connectivity index (χ1n) is 8.32. The van der Waals surface area contributed by atoms with Crippen LogP contribution in [0.15, 0.2) is 12.3 Å². The number of aromatic nitrogens is 2. The van der Waals surface area contributed by atoms with E-state index in [0.29, 0.717) is 6.04 Å². The van der Waals surface area contributed by atoms with Gasteiger partial charge in [0.1, 0.15) is 5.82 Å². The number of anilines is 2. The molecule has 0 atom stereocenters. The summed E-state index contributed by atoms with van der Waals surface area (Å²) in [4.78, 5) is 24.5. The highest BCUT2D eigenvalue weighted by Gasteiger charge is 2.20. The van der Waals surface area contributed by atoms with Gasteiger partial charge in [0.25, 0.3) is 0 Å². The lowest BCUT2D eigenvalue weighted by molar-refractivity contribution is -0.129. The van der Waals surface area contributed by atoms with E-state index in [0.717, 1.165) is 37.9 Å². The summed E-state index contributed by atoms with van der Waals surface area (Å²) in [6.45, 7) is 4.83. The van der Waals surface area contributed by atoms with Gasteiger partial charge in [-0.25, -0.2) is 4.98 Å². The Hall–Kier alpha value is -1.85. The van der Waals surface area contributed by atoms with E-state index >= 15 is 0 Å². The minimum atomic E-state index is 0.155. The monoisotopic (exact) mass is 303 g/mol. The van der Waals surface area contributed by atoms with E-state index in [9.17, 15) is 4.79 Å². The summed E-state index contributed by atoms with van der Waals surface area (Å²) < 4.78 is 0. The molecule has 1 N–H and O–H groups in total. The molecule has 2 fully saturated rings. The Morgan fingerprint density at radius 3 is 2.59 bits per heavy atom. The zero-order valence-electron chi connectivity index (χ0n) is 13.3. The summed E-state index contributed by atoms with van der Waals surface area (Å²) >= 11 is 0. The van der Waals surface area contributed by atoms with Crippen LogP contribution in [-0.4, -0.2) is 53.0 Å². The van der Waals surface area contributed by atoms with Crippen molar-refractivity contribution in [3.05, 3.63) is 12.3 Å². The van der Waals surface area contributed by atoms with Gasteiger partial charge >= 0.3 is 0 Å². The Labute approximate surface area is 131 Å². The highest BCUT2D eigenvalue weighted by Crippen LogP contribution is 2.21. The Morgan fingerprint density at radius 2 is 1.91 bits per heavy atom. The van der Waals surface area contributed by atoms with E-state index in [1.807, 2.05) is 17.2 Å². The van der Waals surface area contributed by atoms with Gasteiger partial charge in [-0.2, -0.15) is 4.98 Å². The van der Waals surface area contributed by atoms with E-state index in [-0.39, 0.29) is 5.91 Å². The first kappa shape index (κ1) is 15.1. The molecule has 0 spiro atoms. The van der Waals surface area contributed by atoms with Crippen molar-refractivity contribution in [3.63, 3.8) is 0 Å². The van der Waals surface area contributed by atoms with Crippen molar-refractivity contribution in [2.75, 3.05) is 36.4 Å². The van der Waals surface area contributed by atoms with Gasteiger partial charge in [0, 0.05) is 45.3 Å². The molecule has 0 bridgehead atoms. The Bertz CT molecular complexity index is 507. The fourth-order valence-electron chi connectivity index (χ4n) is 3.27. The zero-order valence-corrected chi connectivity index (χ0v) is 13.3. The molecule has 120 valence electrons. The van der Waals surface area contributed by atoms with E-state index in [1.54, 1.807) is 6.92 Å². The van der Waals surface area contributed by atoms with Crippen LogP contribution in [0.2, 0.25) is 0 Å². The first-order valence-corrected chi connectivity index (χ1v) is 8.32. The average Bonchev–Trinajstić information content (AvgIpc) is 2.56. The number of nitrogens with zero attached hydrogens (tertiary/aromatic N) is 4. The Morgan fingerprint density at radius 1 is 1.18 bits per heavy atom. The lowest BCUT2D eigenvalue weighted by Gasteiger charge is -2.35. The molecule has 1 aliphatic heterocycles. The van der Waals surface area contributed by atoms with Crippen LogP contribution in [0.5, 0.6) is 0 Å². The third-order valence-corrected chi connectivity index (χ3v) is 4.63. The summed E-state index contributed by atoms with van der Waals surface area (Å²) in [6.07, 6.45) is 8.19. The van der Waals surface area contributed by atoms with Gasteiger partial charge in [0.05, 0.1) is 0 Å². The summed E-state index contributed by atoms with van der Waals surface area (Å²) in [6, 6.07) is 2.47. The van der Waals surface area contributed by atoms with Gasteiger partial charge in [-0.3, -0.25) is 4.79 Å². The molecular formula is C16H25N5O. The lowest BCUT2D eigenvalue weighted by atomic mass is 9.96.